The fourth-order valence-corrected chi connectivity index (χ4v) is 4.34. The van der Waals surface area contributed by atoms with Crippen LogP contribution in [0.25, 0.3) is 10.7 Å². The number of aromatic nitrogens is 4. The van der Waals surface area contributed by atoms with Gasteiger partial charge in [0.05, 0.1) is 29.4 Å². The van der Waals surface area contributed by atoms with E-state index in [4.69, 9.17) is 9.84 Å². The van der Waals surface area contributed by atoms with E-state index < -0.39 is 6.04 Å². The molecule has 1 aromatic carbocycles. The Morgan fingerprint density at radius 3 is 2.72 bits per heavy atom. The number of fused-ring (bicyclic) bond motifs is 1. The van der Waals surface area contributed by atoms with Crippen LogP contribution in [0.3, 0.4) is 0 Å². The maximum absolute atomic E-state index is 13.4. The number of ether oxygens (including phenoxy) is 1. The van der Waals surface area contributed by atoms with Gasteiger partial charge in [0, 0.05) is 11.9 Å². The summed E-state index contributed by atoms with van der Waals surface area (Å²) in [6.07, 6.45) is 3.28. The van der Waals surface area contributed by atoms with Crippen molar-refractivity contribution in [2.75, 3.05) is 17.7 Å². The maximum atomic E-state index is 13.4. The highest BCUT2D eigenvalue weighted by atomic mass is 32.1. The lowest BCUT2D eigenvalue weighted by Gasteiger charge is -2.28. The van der Waals surface area contributed by atoms with Gasteiger partial charge in [-0.25, -0.2) is 4.68 Å². The van der Waals surface area contributed by atoms with E-state index in [1.54, 1.807) is 47.7 Å². The molecule has 1 aliphatic rings. The van der Waals surface area contributed by atoms with Gasteiger partial charge in [0.15, 0.2) is 5.82 Å². The molecule has 0 bridgehead atoms. The average Bonchev–Trinajstić information content (AvgIpc) is 3.49. The van der Waals surface area contributed by atoms with E-state index in [-0.39, 0.29) is 5.91 Å². The van der Waals surface area contributed by atoms with Crippen LogP contribution >= 0.6 is 11.3 Å². The normalized spacial score (nSPS) is 15.1. The first kappa shape index (κ1) is 20.0. The Morgan fingerprint density at radius 2 is 2.03 bits per heavy atom. The van der Waals surface area contributed by atoms with Crippen LogP contribution in [0, 0.1) is 0 Å². The largest absolute Gasteiger partial charge is 0.497 e. The molecule has 2 N–H and O–H groups in total. The Kier molecular flexibility index (Phi) is 5.16. The van der Waals surface area contributed by atoms with Crippen molar-refractivity contribution in [1.82, 2.24) is 19.7 Å². The van der Waals surface area contributed by atoms with Gasteiger partial charge in [-0.1, -0.05) is 18.2 Å². The van der Waals surface area contributed by atoms with Crippen LogP contribution in [0.15, 0.2) is 77.6 Å². The van der Waals surface area contributed by atoms with Gasteiger partial charge in [-0.2, -0.15) is 4.98 Å². The van der Waals surface area contributed by atoms with E-state index in [1.165, 1.54) is 0 Å². The van der Waals surface area contributed by atoms with Gasteiger partial charge in [-0.05, 0) is 48.2 Å². The predicted octanol–water partition coefficient (Wildman–Crippen LogP) is 4.34. The smallest absolute Gasteiger partial charge is 0.255 e. The number of methoxy groups -OCH3 is 1. The minimum Gasteiger partial charge on any atom is -0.497 e. The number of amides is 1. The lowest BCUT2D eigenvalue weighted by Crippen LogP contribution is -2.31. The maximum Gasteiger partial charge on any atom is 0.255 e. The number of rotatable bonds is 5. The molecule has 4 aromatic rings. The van der Waals surface area contributed by atoms with Gasteiger partial charge in [0.1, 0.15) is 11.8 Å². The van der Waals surface area contributed by atoms with Gasteiger partial charge in [0.2, 0.25) is 5.95 Å². The first-order valence-corrected chi connectivity index (χ1v) is 10.9. The number of hydrogen-bond donors (Lipinski definition) is 2. The summed E-state index contributed by atoms with van der Waals surface area (Å²) in [7, 11) is 1.62. The van der Waals surface area contributed by atoms with Crippen LogP contribution in [0.5, 0.6) is 5.75 Å². The molecule has 5 rings (SSSR count). The molecule has 9 heteroatoms. The summed E-state index contributed by atoms with van der Waals surface area (Å²) in [5.74, 6) is 1.71. The van der Waals surface area contributed by atoms with Gasteiger partial charge in [-0.15, -0.1) is 16.4 Å². The van der Waals surface area contributed by atoms with E-state index in [0.29, 0.717) is 28.7 Å². The Morgan fingerprint density at radius 1 is 1.19 bits per heavy atom. The second-order valence-electron chi connectivity index (χ2n) is 7.22. The van der Waals surface area contributed by atoms with E-state index in [1.807, 2.05) is 48.7 Å². The Balaban J connectivity index is 1.60. The van der Waals surface area contributed by atoms with E-state index in [2.05, 4.69) is 20.6 Å². The van der Waals surface area contributed by atoms with Crippen LogP contribution in [0.4, 0.5) is 11.6 Å². The van der Waals surface area contributed by atoms with Crippen molar-refractivity contribution in [3.05, 3.63) is 83.1 Å². The lowest BCUT2D eigenvalue weighted by molar-refractivity contribution is -0.113. The number of nitrogens with one attached hydrogen (secondary N) is 2. The molecule has 0 unspecified atom stereocenters. The number of pyridine rings is 1. The molecular weight excluding hydrogens is 424 g/mol. The predicted molar refractivity (Wildman–Crippen MR) is 124 cm³/mol. The highest BCUT2D eigenvalue weighted by molar-refractivity contribution is 7.13. The molecule has 0 fully saturated rings. The summed E-state index contributed by atoms with van der Waals surface area (Å²) in [5.41, 5.74) is 2.78. The summed E-state index contributed by atoms with van der Waals surface area (Å²) in [5, 5.41) is 12.9. The van der Waals surface area contributed by atoms with Crippen molar-refractivity contribution in [3.8, 4) is 16.5 Å². The van der Waals surface area contributed by atoms with E-state index >= 15 is 0 Å². The molecule has 8 nitrogen and oxygen atoms in total. The second-order valence-corrected chi connectivity index (χ2v) is 8.16. The SMILES string of the molecule is COc1ccc([C@@H]2C(C(=O)Nc3cccnc3)=C(C)Nc3nc(-c4cccs4)nn32)cc1. The number of thiophene rings is 1. The fourth-order valence-electron chi connectivity index (χ4n) is 3.68. The third-order valence-electron chi connectivity index (χ3n) is 5.19. The Bertz CT molecular complexity index is 1280. The Hall–Kier alpha value is -3.98. The van der Waals surface area contributed by atoms with Crippen molar-refractivity contribution in [3.63, 3.8) is 0 Å². The van der Waals surface area contributed by atoms with Crippen LogP contribution in [-0.4, -0.2) is 32.8 Å². The van der Waals surface area contributed by atoms with Crippen molar-refractivity contribution >= 4 is 28.9 Å². The minimum atomic E-state index is -0.463. The van der Waals surface area contributed by atoms with Crippen molar-refractivity contribution in [1.29, 1.82) is 0 Å². The zero-order valence-electron chi connectivity index (χ0n) is 17.4. The van der Waals surface area contributed by atoms with Crippen LogP contribution in [0.2, 0.25) is 0 Å². The van der Waals surface area contributed by atoms with Gasteiger partial charge < -0.3 is 15.4 Å². The first-order chi connectivity index (χ1) is 15.6. The summed E-state index contributed by atoms with van der Waals surface area (Å²) in [4.78, 5) is 23.1. The number of nitrogens with zero attached hydrogens (tertiary/aromatic N) is 4. The van der Waals surface area contributed by atoms with Crippen molar-refractivity contribution in [2.24, 2.45) is 0 Å². The van der Waals surface area contributed by atoms with Crippen LogP contribution < -0.4 is 15.4 Å². The molecule has 0 saturated heterocycles. The third-order valence-corrected chi connectivity index (χ3v) is 6.06. The minimum absolute atomic E-state index is 0.234. The highest BCUT2D eigenvalue weighted by Crippen LogP contribution is 2.37. The van der Waals surface area contributed by atoms with Gasteiger partial charge in [0.25, 0.3) is 5.91 Å². The number of hydrogen-bond acceptors (Lipinski definition) is 7. The van der Waals surface area contributed by atoms with E-state index in [0.717, 1.165) is 16.2 Å². The number of anilines is 2. The molecule has 0 saturated carbocycles. The van der Waals surface area contributed by atoms with Crippen molar-refractivity contribution in [2.45, 2.75) is 13.0 Å². The zero-order chi connectivity index (χ0) is 22.1. The third kappa shape index (κ3) is 3.63. The quantitative estimate of drug-likeness (QED) is 0.476. The molecule has 32 heavy (non-hydrogen) atoms. The standard InChI is InChI=1S/C23H20N6O2S/c1-14-19(22(30)26-16-5-3-11-24-13-16)20(15-7-9-17(31-2)10-8-15)29-23(25-14)27-21(28-29)18-6-4-12-32-18/h3-13,20H,1-2H3,(H,26,30)(H,25,27,28)/t20-/m1/s1. The number of carbonyl (C=O) groups is 1. The number of allylic oxidation sites excluding steroid dienone is 1. The molecule has 1 aliphatic heterocycles. The molecule has 0 spiro atoms. The van der Waals surface area contributed by atoms with Crippen LogP contribution in [-0.2, 0) is 4.79 Å². The second kappa shape index (κ2) is 8.27. The average molecular weight is 445 g/mol. The number of carbonyl (C=O) groups excluding carboxylic acids is 1. The van der Waals surface area contributed by atoms with Crippen molar-refractivity contribution < 1.29 is 9.53 Å². The first-order valence-electron chi connectivity index (χ1n) is 9.97. The Labute approximate surface area is 188 Å². The van der Waals surface area contributed by atoms with Crippen LogP contribution in [0.1, 0.15) is 18.5 Å². The van der Waals surface area contributed by atoms with E-state index in [9.17, 15) is 4.79 Å². The summed E-state index contributed by atoms with van der Waals surface area (Å²) in [6, 6.07) is 14.7. The summed E-state index contributed by atoms with van der Waals surface area (Å²) < 4.78 is 7.08. The molecule has 160 valence electrons. The molecule has 0 aliphatic carbocycles. The fraction of sp³-hybridized carbons (Fsp3) is 0.130. The highest BCUT2D eigenvalue weighted by Gasteiger charge is 2.34. The molecule has 1 atom stereocenters. The molecule has 3 aromatic heterocycles. The summed E-state index contributed by atoms with van der Waals surface area (Å²) >= 11 is 1.57. The molecule has 0 radical (unpaired) electrons. The van der Waals surface area contributed by atoms with Gasteiger partial charge in [-0.3, -0.25) is 9.78 Å². The van der Waals surface area contributed by atoms with Gasteiger partial charge >= 0.3 is 0 Å². The lowest BCUT2D eigenvalue weighted by atomic mass is 9.95. The summed E-state index contributed by atoms with van der Waals surface area (Å²) in [6.45, 7) is 1.87. The molecule has 1 amide bonds. The zero-order valence-corrected chi connectivity index (χ0v) is 18.3. The molecular formula is C23H20N6O2S. The topological polar surface area (TPSA) is 94.0 Å². The molecule has 4 heterocycles. The number of benzene rings is 1. The monoisotopic (exact) mass is 444 g/mol.